The molecule has 52 heavy (non-hydrogen) atoms. The maximum Gasteiger partial charge on any atom is 0.161 e. The van der Waals surface area contributed by atoms with Crippen molar-refractivity contribution in [1.29, 1.82) is 0 Å². The molecule has 0 fully saturated rings. The minimum atomic E-state index is 0.488. The predicted molar refractivity (Wildman–Crippen MR) is 220 cm³/mol. The topological polar surface area (TPSA) is 50.2 Å². The number of nitrogens with zero attached hydrogens (tertiary/aromatic N) is 3. The smallest absolute Gasteiger partial charge is 0.161 e. The molecule has 0 aliphatic heterocycles. The van der Waals surface area contributed by atoms with Gasteiger partial charge in [-0.05, 0) is 80.9 Å². The Morgan fingerprint density at radius 3 is 2.15 bits per heavy atom. The Labute approximate surface area is 303 Å². The van der Waals surface area contributed by atoms with Crippen LogP contribution in [0.4, 0.5) is 0 Å². The number of aryl methyl sites for hydroxylation is 1. The van der Waals surface area contributed by atoms with Crippen LogP contribution in [-0.2, 0) is 13.0 Å². The van der Waals surface area contributed by atoms with Gasteiger partial charge in [-0.2, -0.15) is 0 Å². The number of hydrogen-bond acceptors (Lipinski definition) is 2. The predicted octanol–water partition coefficient (Wildman–Crippen LogP) is 10.0. The maximum atomic E-state index is 6.45. The maximum absolute atomic E-state index is 6.45. The zero-order valence-corrected chi connectivity index (χ0v) is 29.1. The Morgan fingerprint density at radius 1 is 0.712 bits per heavy atom. The summed E-state index contributed by atoms with van der Waals surface area (Å²) in [5.74, 6) is 3.04. The van der Waals surface area contributed by atoms with Gasteiger partial charge >= 0.3 is 0 Å². The summed E-state index contributed by atoms with van der Waals surface area (Å²) < 4.78 is 6.45. The molecule has 0 amide bonds. The summed E-state index contributed by atoms with van der Waals surface area (Å²) in [7, 11) is 0. The molecular formula is C48H37N3O. The number of amidine groups is 2. The molecule has 1 aliphatic rings. The first-order chi connectivity index (χ1) is 25.6. The van der Waals surface area contributed by atoms with Crippen molar-refractivity contribution >= 4 is 57.7 Å². The molecule has 0 saturated carbocycles. The van der Waals surface area contributed by atoms with E-state index in [-0.39, 0.29) is 0 Å². The molecule has 4 nitrogen and oxygen atoms in total. The van der Waals surface area contributed by atoms with E-state index in [4.69, 9.17) is 14.4 Å². The second kappa shape index (κ2) is 14.3. The number of allylic oxidation sites excluding steroid dienone is 3. The molecule has 0 N–H and O–H groups in total. The highest BCUT2D eigenvalue weighted by molar-refractivity contribution is 6.13. The molecule has 6 aromatic carbocycles. The molecule has 0 atom stereocenters. The van der Waals surface area contributed by atoms with Crippen LogP contribution in [0.2, 0.25) is 0 Å². The van der Waals surface area contributed by atoms with Crippen molar-refractivity contribution in [3.05, 3.63) is 196 Å². The van der Waals surface area contributed by atoms with Gasteiger partial charge in [-0.1, -0.05) is 146 Å². The summed E-state index contributed by atoms with van der Waals surface area (Å²) in [6.07, 6.45) is 9.50. The number of rotatable bonds is 7. The normalized spacial score (nSPS) is 13.3. The zero-order valence-electron chi connectivity index (χ0n) is 29.1. The van der Waals surface area contributed by atoms with Crippen LogP contribution in [0.25, 0.3) is 50.4 Å². The highest BCUT2D eigenvalue weighted by Gasteiger charge is 2.18. The van der Waals surface area contributed by atoms with Crippen molar-refractivity contribution in [2.24, 2.45) is 15.0 Å². The fourth-order valence-corrected chi connectivity index (χ4v) is 7.04. The molecule has 1 aliphatic carbocycles. The Balaban J connectivity index is 1.30. The number of fused-ring (bicyclic) bond motifs is 2. The van der Waals surface area contributed by atoms with Gasteiger partial charge in [0.25, 0.3) is 0 Å². The first-order valence-corrected chi connectivity index (χ1v) is 17.5. The average Bonchev–Trinajstić information content (AvgIpc) is 3.38. The standard InChI is InChI=1S/C48H37N3O/c1-32(35-18-9-5-10-19-35)28-43-40-27-26-38(30-42(40)41-24-13-14-25-44-46(41)45(43)33(2)52-44)37-22-15-23-39(29-37)48(50-31-34-16-7-4-8-17-34)51-47(49-3)36-20-11-6-12-21-36/h4-24,26-30H,1,3,25,31H2,2H3/b43-28-,50-48?,51-47?. The molecule has 1 aromatic heterocycles. The minimum Gasteiger partial charge on any atom is -0.465 e. The molecule has 0 radical (unpaired) electrons. The van der Waals surface area contributed by atoms with Crippen LogP contribution < -0.4 is 10.4 Å². The Hall–Kier alpha value is -6.65. The largest absolute Gasteiger partial charge is 0.465 e. The quantitative estimate of drug-likeness (QED) is 0.123. The molecule has 7 aromatic rings. The van der Waals surface area contributed by atoms with Gasteiger partial charge in [0.05, 0.1) is 6.54 Å². The molecule has 0 saturated heterocycles. The Bertz CT molecular complexity index is 2700. The molecule has 0 unspecified atom stereocenters. The van der Waals surface area contributed by atoms with E-state index in [1.165, 1.54) is 10.6 Å². The van der Waals surface area contributed by atoms with Gasteiger partial charge in [0.15, 0.2) is 11.7 Å². The van der Waals surface area contributed by atoms with Crippen LogP contribution in [0, 0.1) is 6.92 Å². The van der Waals surface area contributed by atoms with Gasteiger partial charge in [-0.3, -0.25) is 4.99 Å². The summed E-state index contributed by atoms with van der Waals surface area (Å²) in [5, 5.41) is 6.93. The highest BCUT2D eigenvalue weighted by atomic mass is 16.3. The van der Waals surface area contributed by atoms with Crippen molar-refractivity contribution in [2.75, 3.05) is 0 Å². The third kappa shape index (κ3) is 6.38. The lowest BCUT2D eigenvalue weighted by Gasteiger charge is -2.11. The Kier molecular flexibility index (Phi) is 8.95. The molecule has 4 heteroatoms. The second-order valence-electron chi connectivity index (χ2n) is 12.9. The van der Waals surface area contributed by atoms with E-state index in [1.807, 2.05) is 54.6 Å². The first-order valence-electron chi connectivity index (χ1n) is 17.5. The molecule has 0 bridgehead atoms. The summed E-state index contributed by atoms with van der Waals surface area (Å²) in [4.78, 5) is 14.3. The molecule has 1 heterocycles. The monoisotopic (exact) mass is 671 g/mol. The fourth-order valence-electron chi connectivity index (χ4n) is 7.04. The van der Waals surface area contributed by atoms with Crippen molar-refractivity contribution in [3.8, 4) is 11.1 Å². The summed E-state index contributed by atoms with van der Waals surface area (Å²) >= 11 is 0. The van der Waals surface area contributed by atoms with Crippen LogP contribution in [0.1, 0.15) is 33.8 Å². The molecule has 0 spiro atoms. The molecular weight excluding hydrogens is 635 g/mol. The summed E-state index contributed by atoms with van der Waals surface area (Å²) in [5.41, 5.74) is 7.09. The van der Waals surface area contributed by atoms with Crippen molar-refractivity contribution in [1.82, 2.24) is 0 Å². The molecule has 250 valence electrons. The number of hydrogen-bond donors (Lipinski definition) is 0. The van der Waals surface area contributed by atoms with Crippen LogP contribution in [0.5, 0.6) is 0 Å². The van der Waals surface area contributed by atoms with Crippen LogP contribution in [-0.4, -0.2) is 18.4 Å². The van der Waals surface area contributed by atoms with E-state index in [0.29, 0.717) is 18.2 Å². The SMILES string of the molecule is C=NC(=NC(=NCc1ccccc1)c1cccc(-c2ccc3/c(=C/C(=C)c4ccccc4)c4c(C)oc5c4c(c3c2)=CC=CC5)c1)c1ccccc1. The van der Waals surface area contributed by atoms with Crippen molar-refractivity contribution < 1.29 is 4.42 Å². The van der Waals surface area contributed by atoms with Gasteiger partial charge in [-0.25, -0.2) is 9.98 Å². The van der Waals surface area contributed by atoms with E-state index in [0.717, 1.165) is 78.3 Å². The van der Waals surface area contributed by atoms with Gasteiger partial charge in [0.1, 0.15) is 11.5 Å². The van der Waals surface area contributed by atoms with Crippen molar-refractivity contribution in [3.63, 3.8) is 0 Å². The van der Waals surface area contributed by atoms with Gasteiger partial charge in [0, 0.05) is 28.3 Å². The van der Waals surface area contributed by atoms with Crippen LogP contribution >= 0.6 is 0 Å². The number of aliphatic imine (C=N–C) groups is 3. The third-order valence-corrected chi connectivity index (χ3v) is 9.56. The lowest BCUT2D eigenvalue weighted by Crippen LogP contribution is -2.15. The van der Waals surface area contributed by atoms with Gasteiger partial charge in [-0.15, -0.1) is 0 Å². The zero-order chi connectivity index (χ0) is 35.4. The van der Waals surface area contributed by atoms with E-state index in [1.54, 1.807) is 0 Å². The fraction of sp³-hybridized carbons (Fsp3) is 0.0625. The van der Waals surface area contributed by atoms with E-state index >= 15 is 0 Å². The highest BCUT2D eigenvalue weighted by Crippen LogP contribution is 2.29. The van der Waals surface area contributed by atoms with Crippen LogP contribution in [0.3, 0.4) is 0 Å². The third-order valence-electron chi connectivity index (χ3n) is 9.56. The van der Waals surface area contributed by atoms with Crippen molar-refractivity contribution in [2.45, 2.75) is 19.9 Å². The average molecular weight is 672 g/mol. The van der Waals surface area contributed by atoms with E-state index in [2.05, 4.69) is 128 Å². The van der Waals surface area contributed by atoms with E-state index in [9.17, 15) is 0 Å². The summed E-state index contributed by atoms with van der Waals surface area (Å²) in [6.45, 7) is 10.9. The summed E-state index contributed by atoms with van der Waals surface area (Å²) in [6, 6.07) is 45.6. The first kappa shape index (κ1) is 32.5. The number of furan rings is 1. The number of benzene rings is 6. The van der Waals surface area contributed by atoms with Gasteiger partial charge in [0.2, 0.25) is 0 Å². The van der Waals surface area contributed by atoms with E-state index < -0.39 is 0 Å². The minimum absolute atomic E-state index is 0.488. The van der Waals surface area contributed by atoms with Gasteiger partial charge < -0.3 is 4.42 Å². The Morgan fingerprint density at radius 2 is 1.40 bits per heavy atom. The lowest BCUT2D eigenvalue weighted by molar-refractivity contribution is 0.500. The lowest BCUT2D eigenvalue weighted by atomic mass is 9.93. The second-order valence-corrected chi connectivity index (χ2v) is 12.9. The molecule has 8 rings (SSSR count). The van der Waals surface area contributed by atoms with Crippen LogP contribution in [0.15, 0.2) is 172 Å².